The zero-order valence-corrected chi connectivity index (χ0v) is 32.2. The van der Waals surface area contributed by atoms with Gasteiger partial charge >= 0.3 is 5.97 Å². The normalized spacial score (nSPS) is 13.7. The lowest BCUT2D eigenvalue weighted by Crippen LogP contribution is -2.20. The van der Waals surface area contributed by atoms with Gasteiger partial charge in [0, 0.05) is 49.1 Å². The van der Waals surface area contributed by atoms with Gasteiger partial charge in [-0.15, -0.1) is 34.0 Å². The summed E-state index contributed by atoms with van der Waals surface area (Å²) in [7, 11) is 1.33. The molecule has 7 aromatic rings. The van der Waals surface area contributed by atoms with Gasteiger partial charge in [-0.2, -0.15) is 0 Å². The Kier molecular flexibility index (Phi) is 9.84. The van der Waals surface area contributed by atoms with Crippen molar-refractivity contribution >= 4 is 72.8 Å². The summed E-state index contributed by atoms with van der Waals surface area (Å²) in [5.41, 5.74) is 5.37. The molecule has 8 rings (SSSR count). The fourth-order valence-corrected chi connectivity index (χ4v) is 10.8. The molecule has 2 N–H and O–H groups in total. The Labute approximate surface area is 326 Å². The molecule has 55 heavy (non-hydrogen) atoms. The highest BCUT2D eigenvalue weighted by Gasteiger charge is 2.31. The fourth-order valence-electron chi connectivity index (χ4n) is 7.18. The number of thiophene rings is 3. The van der Waals surface area contributed by atoms with Crippen molar-refractivity contribution < 1.29 is 27.9 Å². The number of benzene rings is 2. The van der Waals surface area contributed by atoms with E-state index in [0.717, 1.165) is 41.9 Å². The van der Waals surface area contributed by atoms with Crippen LogP contribution in [0.5, 0.6) is 0 Å². The minimum atomic E-state index is -0.964. The lowest BCUT2D eigenvalue weighted by atomic mass is 9.81. The summed E-state index contributed by atoms with van der Waals surface area (Å²) in [6.45, 7) is 3.93. The maximum atomic E-state index is 16.2. The summed E-state index contributed by atoms with van der Waals surface area (Å²) in [5, 5.41) is 7.32. The number of fused-ring (bicyclic) bond motifs is 2. The van der Waals surface area contributed by atoms with Crippen molar-refractivity contribution in [1.82, 2.24) is 9.97 Å². The third kappa shape index (κ3) is 6.83. The van der Waals surface area contributed by atoms with Gasteiger partial charge in [0.1, 0.15) is 28.8 Å². The minimum Gasteiger partial charge on any atom is -0.465 e. The number of nitrogens with zero attached hydrogens (tertiary/aromatic N) is 2. The number of aromatic nitrogens is 2. The van der Waals surface area contributed by atoms with Gasteiger partial charge in [-0.25, -0.2) is 23.5 Å². The van der Waals surface area contributed by atoms with Crippen molar-refractivity contribution in [1.29, 1.82) is 0 Å². The lowest BCUT2D eigenvalue weighted by Gasteiger charge is -2.24. The molecule has 0 saturated carbocycles. The largest absolute Gasteiger partial charge is 0.465 e. The number of anilines is 2. The summed E-state index contributed by atoms with van der Waals surface area (Å²) in [5.74, 6) is -3.18. The standard InChI is InChI=1S/C42H32F2N4O4S3/c1-21-6-4-5-7-26(21)40(49)47-32-14-9-24(19-45-32)34-22(2)54-31-18-23(8-11-28(31)34)27-12-13-29(43)35(37(27)44)41(50)48-33-15-10-25(20-46-33)38-36(42(51)52-3)39-30(55-38)16-17-53-39/h4-7,9-10,12-17,19-20,23H,8,11,18H2,1-3H3,(H,45,47,49)(H,46,48,50). The van der Waals surface area contributed by atoms with E-state index in [2.05, 4.69) is 20.6 Å². The van der Waals surface area contributed by atoms with Gasteiger partial charge in [0.15, 0.2) is 0 Å². The first-order valence-electron chi connectivity index (χ1n) is 17.4. The number of aryl methyl sites for hydroxylation is 2. The number of methoxy groups -OCH3 is 1. The molecular formula is C42H32F2N4O4S3. The lowest BCUT2D eigenvalue weighted by molar-refractivity contribution is 0.0604. The first-order chi connectivity index (χ1) is 26.6. The molecule has 1 aliphatic rings. The molecule has 2 amide bonds. The molecule has 5 heterocycles. The second kappa shape index (κ2) is 14.9. The third-order valence-electron chi connectivity index (χ3n) is 9.86. The molecular weight excluding hydrogens is 759 g/mol. The molecule has 8 nitrogen and oxygen atoms in total. The summed E-state index contributed by atoms with van der Waals surface area (Å²) in [6, 6.07) is 18.8. The fraction of sp³-hybridized carbons (Fsp3) is 0.167. The van der Waals surface area contributed by atoms with Gasteiger partial charge in [0.25, 0.3) is 11.8 Å². The highest BCUT2D eigenvalue weighted by Crippen LogP contribution is 2.45. The van der Waals surface area contributed by atoms with Crippen LogP contribution in [0.3, 0.4) is 0 Å². The average Bonchev–Trinajstić information content (AvgIpc) is 3.88. The zero-order valence-electron chi connectivity index (χ0n) is 29.8. The Morgan fingerprint density at radius 2 is 1.56 bits per heavy atom. The molecule has 1 unspecified atom stereocenters. The molecule has 0 fully saturated rings. The summed E-state index contributed by atoms with van der Waals surface area (Å²) < 4.78 is 38.1. The number of hydrogen-bond donors (Lipinski definition) is 2. The molecule has 0 aliphatic heterocycles. The van der Waals surface area contributed by atoms with E-state index in [9.17, 15) is 14.4 Å². The van der Waals surface area contributed by atoms with E-state index in [4.69, 9.17) is 4.74 Å². The number of esters is 1. The Morgan fingerprint density at radius 3 is 2.27 bits per heavy atom. The first kappa shape index (κ1) is 36.4. The Hall–Kier alpha value is -5.63. The van der Waals surface area contributed by atoms with Crippen LogP contribution in [0.1, 0.15) is 69.9 Å². The van der Waals surface area contributed by atoms with E-state index in [-0.39, 0.29) is 23.2 Å². The zero-order chi connectivity index (χ0) is 38.4. The molecule has 0 spiro atoms. The molecule has 276 valence electrons. The molecule has 2 aromatic carbocycles. The number of amides is 2. The van der Waals surface area contributed by atoms with Crippen molar-refractivity contribution in [2.24, 2.45) is 0 Å². The highest BCUT2D eigenvalue weighted by atomic mass is 32.1. The van der Waals surface area contributed by atoms with E-state index in [0.29, 0.717) is 46.6 Å². The number of ether oxygens (including phenoxy) is 1. The predicted molar refractivity (Wildman–Crippen MR) is 215 cm³/mol. The van der Waals surface area contributed by atoms with Gasteiger partial charge in [-0.05, 0) is 104 Å². The second-order valence-corrected chi connectivity index (χ2v) is 16.5. The van der Waals surface area contributed by atoms with Crippen LogP contribution in [0.25, 0.3) is 31.0 Å². The van der Waals surface area contributed by atoms with Crippen LogP contribution in [0.2, 0.25) is 0 Å². The number of pyridine rings is 2. The molecule has 0 saturated heterocycles. The van der Waals surface area contributed by atoms with E-state index >= 15 is 8.78 Å². The van der Waals surface area contributed by atoms with E-state index < -0.39 is 29.1 Å². The monoisotopic (exact) mass is 790 g/mol. The van der Waals surface area contributed by atoms with Crippen LogP contribution in [0.4, 0.5) is 20.4 Å². The minimum absolute atomic E-state index is 0.107. The van der Waals surface area contributed by atoms with Gasteiger partial charge in [0.05, 0.1) is 22.3 Å². The van der Waals surface area contributed by atoms with Gasteiger partial charge in [-0.3, -0.25) is 9.59 Å². The SMILES string of the molecule is COC(=O)c1c(-c2ccc(NC(=O)c3c(F)ccc(C4CCc5c(sc(C)c5-c5ccc(NC(=O)c6ccccc6C)nc5)C4)c3F)nc2)sc2ccsc12. The van der Waals surface area contributed by atoms with Crippen molar-refractivity contribution in [3.63, 3.8) is 0 Å². The number of carbonyl (C=O) groups is 3. The highest BCUT2D eigenvalue weighted by molar-refractivity contribution is 7.29. The maximum absolute atomic E-state index is 16.2. The van der Waals surface area contributed by atoms with Crippen molar-refractivity contribution in [3.05, 3.63) is 139 Å². The van der Waals surface area contributed by atoms with E-state index in [1.165, 1.54) is 53.7 Å². The van der Waals surface area contributed by atoms with Crippen LogP contribution in [0, 0.1) is 25.5 Å². The number of nitrogens with one attached hydrogen (secondary N) is 2. The maximum Gasteiger partial charge on any atom is 0.340 e. The van der Waals surface area contributed by atoms with E-state index in [1.54, 1.807) is 35.7 Å². The molecule has 0 bridgehead atoms. The average molecular weight is 791 g/mol. The van der Waals surface area contributed by atoms with Crippen molar-refractivity contribution in [3.8, 4) is 21.6 Å². The van der Waals surface area contributed by atoms with Crippen LogP contribution >= 0.6 is 34.0 Å². The summed E-state index contributed by atoms with van der Waals surface area (Å²) in [6.07, 6.45) is 5.08. The van der Waals surface area contributed by atoms with E-state index in [1.807, 2.05) is 49.6 Å². The second-order valence-electron chi connectivity index (χ2n) is 13.2. The quantitative estimate of drug-likeness (QED) is 0.148. The van der Waals surface area contributed by atoms with Gasteiger partial charge in [-0.1, -0.05) is 24.3 Å². The third-order valence-corrected chi connectivity index (χ3v) is 13.3. The topological polar surface area (TPSA) is 110 Å². The van der Waals surface area contributed by atoms with Crippen LogP contribution in [0.15, 0.2) is 84.5 Å². The Bertz CT molecular complexity index is 2630. The number of carbonyl (C=O) groups excluding carboxylic acids is 3. The van der Waals surface area contributed by atoms with Gasteiger partial charge in [0.2, 0.25) is 0 Å². The number of halogens is 2. The Balaban J connectivity index is 0.979. The van der Waals surface area contributed by atoms with Crippen LogP contribution in [-0.4, -0.2) is 34.9 Å². The van der Waals surface area contributed by atoms with Crippen molar-refractivity contribution in [2.75, 3.05) is 17.7 Å². The van der Waals surface area contributed by atoms with Crippen LogP contribution < -0.4 is 10.6 Å². The first-order valence-corrected chi connectivity index (χ1v) is 19.9. The summed E-state index contributed by atoms with van der Waals surface area (Å²) in [4.78, 5) is 50.5. The molecule has 1 atom stereocenters. The molecule has 1 aliphatic carbocycles. The number of hydrogen-bond acceptors (Lipinski definition) is 9. The summed E-state index contributed by atoms with van der Waals surface area (Å²) >= 11 is 4.52. The van der Waals surface area contributed by atoms with Gasteiger partial charge < -0.3 is 15.4 Å². The molecule has 13 heteroatoms. The molecule has 0 radical (unpaired) electrons. The molecule has 5 aromatic heterocycles. The smallest absolute Gasteiger partial charge is 0.340 e. The predicted octanol–water partition coefficient (Wildman–Crippen LogP) is 10.6. The Morgan fingerprint density at radius 1 is 0.836 bits per heavy atom. The van der Waals surface area contributed by atoms with Crippen molar-refractivity contribution in [2.45, 2.75) is 39.0 Å². The number of rotatable bonds is 8. The van der Waals surface area contributed by atoms with Crippen LogP contribution in [-0.2, 0) is 17.6 Å².